The zero-order chi connectivity index (χ0) is 87.2. The third-order valence-electron chi connectivity index (χ3n) is 17.4. The molecule has 1 saturated heterocycles. The highest BCUT2D eigenvalue weighted by molar-refractivity contribution is 7.99. The number of nitrogens with zero attached hydrogens (tertiary/aromatic N) is 2. The summed E-state index contributed by atoms with van der Waals surface area (Å²) in [7, 11) is 0. The minimum Gasteiger partial charge on any atom is -0.508 e. The average Bonchev–Trinajstić information content (AvgIpc) is 1.72. The van der Waals surface area contributed by atoms with Crippen molar-refractivity contribution in [2.45, 2.75) is 165 Å². The number of aromatic amines is 1. The van der Waals surface area contributed by atoms with E-state index in [0.717, 1.165) is 28.4 Å². The Balaban J connectivity index is 1.49. The molecule has 47 heteroatoms. The Morgan fingerprint density at radius 2 is 1.05 bits per heavy atom. The maximum absolute atomic E-state index is 14.5. The van der Waals surface area contributed by atoms with Crippen molar-refractivity contribution in [1.82, 2.24) is 94.6 Å². The second-order valence-electron chi connectivity index (χ2n) is 27.2. The van der Waals surface area contributed by atoms with Crippen LogP contribution in [0.25, 0.3) is 0 Å². The zero-order valence-corrected chi connectivity index (χ0v) is 68.2. The molecule has 0 saturated carbocycles. The maximum Gasteiger partial charge on any atom is 0.246 e. The quantitative estimate of drug-likeness (QED) is 0.00820. The molecule has 1 aromatic heterocycles. The number of H-pyrrole nitrogens is 1. The molecule has 0 bridgehead atoms. The summed E-state index contributed by atoms with van der Waals surface area (Å²) in [5.74, 6) is -17.8. The number of aromatic hydroxyl groups is 2. The number of hydrogen-bond donors (Lipinski definition) is 26. The van der Waals surface area contributed by atoms with Crippen LogP contribution in [0, 0.1) is 11.3 Å². The lowest BCUT2D eigenvalue weighted by Crippen LogP contribution is -2.61. The van der Waals surface area contributed by atoms with Crippen LogP contribution in [0.1, 0.15) is 83.5 Å². The minimum atomic E-state index is -1.73. The lowest BCUT2D eigenvalue weighted by atomic mass is 10.0. The number of phenolic OH excluding ortho intramolecular Hbond substituents is 2. The molecule has 644 valence electrons. The molecule has 1 aliphatic heterocycles. The molecule has 0 aliphatic carbocycles. The second kappa shape index (κ2) is 50.3. The lowest BCUT2D eigenvalue weighted by molar-refractivity contribution is -0.143. The standard InChI is InChI=1S/C70H105N23O20S4/c1-34(2)56(92-67(111)53-9-7-19-93(53)69(113)47(23-54(72)99)86-65(109)50(28-115)89-66(110)52(30-117-33-81-37(5)96)91-59(103)43(71)20-38-10-14-41(97)15-11-38)68(112)82-35(3)58(102)90-51(29-116-32-80-36(4)95)60(104)78-25-55(100)83-44(8-6-18-77-70(74)75)61(105)85-46(22-40-24-76-31-79-40)63(107)84-45(21-39-12-16-42(98)17-13-39)62(106)87-48(26-94)64(108)88-49(27-114)57(73)101/h10-17,24,31,34-35,43-53,56,94,97-98,114-115H,6-9,18-23,25-30,32-33,71H2,1-5H3,(H2,72,99)(H2,73,101)(H,76,79)(H,78,104)(H,80,95)(H,81,96)(H,82,112)(H,83,100)(H,84,107)(H,85,105)(H,86,109)(H,87,106)(H,88,108)(H,89,110)(H,90,102)(H,91,103)(H,92,111)(H4,74,75,77)/t35-,43-,44-,45-,46-,47-,48-,49-,50-,51-,52-,53-,56-/m0/s1. The summed E-state index contributed by atoms with van der Waals surface area (Å²) in [5.41, 5.74) is 23.7. The van der Waals surface area contributed by atoms with Gasteiger partial charge >= 0.3 is 0 Å². The van der Waals surface area contributed by atoms with Gasteiger partial charge in [0.15, 0.2) is 5.96 Å². The van der Waals surface area contributed by atoms with Gasteiger partial charge < -0.3 is 128 Å². The molecular formula is C70H105N23O20S4. The summed E-state index contributed by atoms with van der Waals surface area (Å²) in [4.78, 5) is 238. The topological polar surface area (TPSA) is 691 Å². The smallest absolute Gasteiger partial charge is 0.246 e. The Kier molecular flexibility index (Phi) is 42.3. The van der Waals surface area contributed by atoms with Gasteiger partial charge in [-0.15, -0.1) is 23.5 Å². The van der Waals surface area contributed by atoms with Gasteiger partial charge in [-0.25, -0.2) is 4.98 Å². The van der Waals surface area contributed by atoms with Gasteiger partial charge in [0.1, 0.15) is 84.0 Å². The van der Waals surface area contributed by atoms with Crippen LogP contribution in [0.4, 0.5) is 0 Å². The number of rotatable bonds is 50. The fraction of sp³-hybridized carbons (Fsp3) is 0.529. The van der Waals surface area contributed by atoms with Crippen LogP contribution < -0.4 is 103 Å². The predicted octanol–water partition coefficient (Wildman–Crippen LogP) is -8.58. The van der Waals surface area contributed by atoms with E-state index in [-0.39, 0.29) is 110 Å². The number of carbonyl (C=O) groups is 17. The molecule has 1 aliphatic rings. The van der Waals surface area contributed by atoms with Crippen LogP contribution in [0.3, 0.4) is 0 Å². The number of likely N-dealkylation sites (tertiary alicyclic amines) is 1. The second-order valence-corrected chi connectivity index (χ2v) is 30.0. The zero-order valence-electron chi connectivity index (χ0n) is 64.8. The van der Waals surface area contributed by atoms with Crippen molar-refractivity contribution < 1.29 is 96.8 Å². The molecule has 17 amide bonds. The highest BCUT2D eigenvalue weighted by Crippen LogP contribution is 2.22. The van der Waals surface area contributed by atoms with Crippen LogP contribution >= 0.6 is 48.8 Å². The van der Waals surface area contributed by atoms with Crippen molar-refractivity contribution in [2.75, 3.05) is 61.0 Å². The van der Waals surface area contributed by atoms with Gasteiger partial charge in [-0.05, 0) is 80.3 Å². The lowest BCUT2D eigenvalue weighted by Gasteiger charge is -2.31. The van der Waals surface area contributed by atoms with Crippen LogP contribution in [-0.4, -0.2) is 276 Å². The first-order chi connectivity index (χ1) is 55.3. The molecule has 28 N–H and O–H groups in total. The van der Waals surface area contributed by atoms with E-state index < -0.39 is 210 Å². The van der Waals surface area contributed by atoms with Gasteiger partial charge in [-0.3, -0.25) is 86.9 Å². The van der Waals surface area contributed by atoms with Crippen LogP contribution in [0.15, 0.2) is 61.1 Å². The van der Waals surface area contributed by atoms with Crippen molar-refractivity contribution in [3.05, 3.63) is 77.9 Å². The Bertz CT molecular complexity index is 3950. The first-order valence-corrected chi connectivity index (χ1v) is 40.2. The number of nitrogens with one attached hydrogen (secondary N) is 17. The molecule has 0 unspecified atom stereocenters. The minimum absolute atomic E-state index is 0.00187. The molecule has 0 spiro atoms. The number of carbonyl (C=O) groups excluding carboxylic acids is 17. The molecule has 2 heterocycles. The van der Waals surface area contributed by atoms with Crippen molar-refractivity contribution in [3.8, 4) is 11.5 Å². The fourth-order valence-electron chi connectivity index (χ4n) is 11.1. The molecule has 4 rings (SSSR count). The predicted molar refractivity (Wildman–Crippen MR) is 433 cm³/mol. The number of guanidine groups is 1. The number of thiol groups is 2. The molecule has 2 aromatic carbocycles. The molecule has 117 heavy (non-hydrogen) atoms. The van der Waals surface area contributed by atoms with Gasteiger partial charge in [-0.2, -0.15) is 25.3 Å². The summed E-state index contributed by atoms with van der Waals surface area (Å²) >= 11 is 10.2. The van der Waals surface area contributed by atoms with E-state index in [1.165, 1.54) is 69.7 Å². The normalized spacial score (nSPS) is 15.4. The SMILES string of the molecule is CC(=O)NCSC[C@H](NC(=O)[C@H](C)NC(=O)[C@@H](NC(=O)[C@@H]1CCCN1C(=O)[C@H](CC(N)=O)NC(=O)[C@H](CS)NC(=O)[C@H](CSCNC(C)=O)NC(=O)[C@@H](N)Cc1ccc(O)cc1)C(C)C)C(=O)NCC(=O)N[C@@H](CCCNC(=N)N)C(=O)N[C@@H](Cc1c[nH]cn1)C(=O)N[C@@H](Cc1ccc(O)cc1)C(=O)N[C@@H](CO)C(=O)N[C@@H](CS)C(N)=O. The summed E-state index contributed by atoms with van der Waals surface area (Å²) in [5, 5.41) is 74.7. The molecule has 43 nitrogen and oxygen atoms in total. The Labute approximate surface area is 692 Å². The monoisotopic (exact) mass is 1720 g/mol. The largest absolute Gasteiger partial charge is 0.508 e. The number of phenols is 2. The summed E-state index contributed by atoms with van der Waals surface area (Å²) in [6.45, 7) is 4.90. The number of thioether (sulfide) groups is 2. The van der Waals surface area contributed by atoms with Crippen molar-refractivity contribution in [2.24, 2.45) is 28.9 Å². The van der Waals surface area contributed by atoms with E-state index in [0.29, 0.717) is 11.1 Å². The van der Waals surface area contributed by atoms with E-state index in [1.54, 1.807) is 26.0 Å². The van der Waals surface area contributed by atoms with Crippen molar-refractivity contribution >= 4 is 155 Å². The van der Waals surface area contributed by atoms with E-state index in [4.69, 9.17) is 28.3 Å². The van der Waals surface area contributed by atoms with E-state index >= 15 is 0 Å². The third-order valence-corrected chi connectivity index (χ3v) is 20.0. The van der Waals surface area contributed by atoms with E-state index in [9.17, 15) is 96.8 Å². The highest BCUT2D eigenvalue weighted by Gasteiger charge is 2.42. The number of primary amides is 2. The summed E-state index contributed by atoms with van der Waals surface area (Å²) < 4.78 is 0. The van der Waals surface area contributed by atoms with Gasteiger partial charge in [0.05, 0.1) is 49.4 Å². The van der Waals surface area contributed by atoms with Gasteiger partial charge in [0, 0.05) is 69.0 Å². The maximum atomic E-state index is 14.5. The van der Waals surface area contributed by atoms with Gasteiger partial charge in [0.25, 0.3) is 0 Å². The van der Waals surface area contributed by atoms with E-state index in [2.05, 4.69) is 115 Å². The Morgan fingerprint density at radius 3 is 1.57 bits per heavy atom. The number of aliphatic hydroxyl groups excluding tert-OH is 1. The summed E-state index contributed by atoms with van der Waals surface area (Å²) in [6.07, 6.45) is 1.28. The molecular weight excluding hydrogens is 1610 g/mol. The first kappa shape index (κ1) is 98.2. The number of imidazole rings is 1. The molecule has 0 radical (unpaired) electrons. The van der Waals surface area contributed by atoms with Gasteiger partial charge in [-0.1, -0.05) is 38.1 Å². The average molecular weight is 1720 g/mol. The van der Waals surface area contributed by atoms with Crippen molar-refractivity contribution in [1.29, 1.82) is 5.41 Å². The molecule has 13 atom stereocenters. The van der Waals surface area contributed by atoms with Gasteiger partial charge in [0.2, 0.25) is 100 Å². The fourth-order valence-corrected chi connectivity index (χ4v) is 13.4. The number of hydrogen-bond acceptors (Lipinski definition) is 27. The number of amides is 17. The first-order valence-electron chi connectivity index (χ1n) is 36.7. The van der Waals surface area contributed by atoms with Crippen LogP contribution in [0.5, 0.6) is 11.5 Å². The van der Waals surface area contributed by atoms with Crippen LogP contribution in [-0.2, 0) is 101 Å². The molecule has 1 fully saturated rings. The molecule has 3 aromatic rings. The number of nitrogens with two attached hydrogens (primary N) is 4. The Hall–Kier alpha value is -11.2. The number of benzene rings is 2. The summed E-state index contributed by atoms with van der Waals surface area (Å²) in [6, 6.07) is -7.92. The number of aromatic nitrogens is 2. The number of aliphatic hydroxyl groups is 1. The Morgan fingerprint density at radius 1 is 0.564 bits per heavy atom. The van der Waals surface area contributed by atoms with E-state index in [1.807, 2.05) is 0 Å². The third kappa shape index (κ3) is 35.1. The van der Waals surface area contributed by atoms with Crippen LogP contribution in [0.2, 0.25) is 0 Å². The van der Waals surface area contributed by atoms with Crippen molar-refractivity contribution in [3.63, 3.8) is 0 Å². The highest BCUT2D eigenvalue weighted by atomic mass is 32.2.